The van der Waals surface area contributed by atoms with Gasteiger partial charge in [-0.15, -0.1) is 11.3 Å². The Bertz CT molecular complexity index is 729. The van der Waals surface area contributed by atoms with Crippen molar-refractivity contribution in [1.29, 1.82) is 0 Å². The summed E-state index contributed by atoms with van der Waals surface area (Å²) in [4.78, 5) is 8.66. The number of halogens is 3. The van der Waals surface area contributed by atoms with Crippen LogP contribution in [-0.4, -0.2) is 30.8 Å². The smallest absolute Gasteiger partial charge is 0.367 e. The zero-order valence-electron chi connectivity index (χ0n) is 15.3. The van der Waals surface area contributed by atoms with E-state index in [4.69, 9.17) is 0 Å². The van der Waals surface area contributed by atoms with Crippen LogP contribution in [0.1, 0.15) is 28.8 Å². The first-order valence-electron chi connectivity index (χ1n) is 8.49. The number of benzene rings is 1. The van der Waals surface area contributed by atoms with Gasteiger partial charge in [-0.3, -0.25) is 4.99 Å². The number of aliphatic imine (C=N–C) groups is 1. The molecular weight excluding hydrogens is 377 g/mol. The van der Waals surface area contributed by atoms with Crippen molar-refractivity contribution in [3.05, 3.63) is 51.5 Å². The number of hydrogen-bond donors (Lipinski definition) is 2. The lowest BCUT2D eigenvalue weighted by molar-refractivity contribution is -0.176. The fraction of sp³-hybridized carbons (Fsp3) is 0.444. The number of nitrogens with zero attached hydrogens (tertiary/aromatic N) is 2. The number of hydrogen-bond acceptors (Lipinski definition) is 4. The quantitative estimate of drug-likeness (QED) is 0.525. The minimum atomic E-state index is -4.30. The van der Waals surface area contributed by atoms with Gasteiger partial charge in [-0.25, -0.2) is 4.98 Å². The second-order valence-corrected chi connectivity index (χ2v) is 6.73. The van der Waals surface area contributed by atoms with E-state index in [2.05, 4.69) is 32.3 Å². The maximum absolute atomic E-state index is 12.1. The third kappa shape index (κ3) is 7.96. The average Bonchev–Trinajstić information content (AvgIpc) is 3.10. The number of aryl methyl sites for hydroxylation is 1. The molecule has 0 aliphatic heterocycles. The minimum absolute atomic E-state index is 0.0656. The maximum atomic E-state index is 12.1. The Labute approximate surface area is 160 Å². The third-order valence-corrected chi connectivity index (χ3v) is 4.62. The van der Waals surface area contributed by atoms with Crippen LogP contribution in [0.3, 0.4) is 0 Å². The number of aromatic nitrogens is 1. The molecule has 148 valence electrons. The van der Waals surface area contributed by atoms with E-state index in [1.165, 1.54) is 0 Å². The molecule has 0 aliphatic carbocycles. The van der Waals surface area contributed by atoms with Crippen LogP contribution in [0.4, 0.5) is 13.2 Å². The Hall–Kier alpha value is -2.13. The standard InChI is InChI=1S/C18H23F3N4OS/c1-3-16-25-15(11-27-16)9-24-17(22-2)23-8-13-4-6-14(7-5-13)10-26-12-18(19,20)21/h4-7,11H,3,8-10,12H2,1-2H3,(H2,22,23,24). The summed E-state index contributed by atoms with van der Waals surface area (Å²) >= 11 is 1.64. The van der Waals surface area contributed by atoms with Crippen LogP contribution < -0.4 is 10.6 Å². The number of guanidine groups is 1. The molecule has 2 rings (SSSR count). The lowest BCUT2D eigenvalue weighted by atomic mass is 10.1. The predicted molar refractivity (Wildman–Crippen MR) is 101 cm³/mol. The first-order valence-corrected chi connectivity index (χ1v) is 9.37. The number of nitrogens with one attached hydrogen (secondary N) is 2. The van der Waals surface area contributed by atoms with Gasteiger partial charge in [0, 0.05) is 19.0 Å². The summed E-state index contributed by atoms with van der Waals surface area (Å²) in [6.07, 6.45) is -3.38. The van der Waals surface area contributed by atoms with Crippen LogP contribution in [0.5, 0.6) is 0 Å². The number of thiazole rings is 1. The molecule has 1 aromatic carbocycles. The number of alkyl halides is 3. The predicted octanol–water partition coefficient (Wildman–Crippen LogP) is 3.65. The van der Waals surface area contributed by atoms with Crippen molar-refractivity contribution in [2.24, 2.45) is 4.99 Å². The van der Waals surface area contributed by atoms with Crippen LogP contribution in [0.2, 0.25) is 0 Å². The molecule has 0 atom stereocenters. The van der Waals surface area contributed by atoms with E-state index in [-0.39, 0.29) is 6.61 Å². The summed E-state index contributed by atoms with van der Waals surface area (Å²) in [6.45, 7) is 1.90. The lowest BCUT2D eigenvalue weighted by Gasteiger charge is -2.12. The molecule has 1 heterocycles. The number of rotatable bonds is 8. The second-order valence-electron chi connectivity index (χ2n) is 5.79. The molecule has 27 heavy (non-hydrogen) atoms. The summed E-state index contributed by atoms with van der Waals surface area (Å²) in [5.41, 5.74) is 2.66. The molecule has 2 N–H and O–H groups in total. The molecular formula is C18H23F3N4OS. The van der Waals surface area contributed by atoms with Gasteiger partial charge >= 0.3 is 6.18 Å². The molecule has 9 heteroatoms. The van der Waals surface area contributed by atoms with Crippen LogP contribution in [0, 0.1) is 0 Å². The molecule has 2 aromatic rings. The highest BCUT2D eigenvalue weighted by Crippen LogP contribution is 2.16. The van der Waals surface area contributed by atoms with Crippen LogP contribution in [0.25, 0.3) is 0 Å². The molecule has 0 bridgehead atoms. The fourth-order valence-electron chi connectivity index (χ4n) is 2.21. The normalized spacial score (nSPS) is 12.3. The Morgan fingerprint density at radius 3 is 2.41 bits per heavy atom. The Morgan fingerprint density at radius 1 is 1.15 bits per heavy atom. The first kappa shape index (κ1) is 21.2. The summed E-state index contributed by atoms with van der Waals surface area (Å²) in [5.74, 6) is 0.652. The van der Waals surface area contributed by atoms with Crippen molar-refractivity contribution in [3.8, 4) is 0 Å². The van der Waals surface area contributed by atoms with Gasteiger partial charge in [0.15, 0.2) is 5.96 Å². The van der Waals surface area contributed by atoms with Crippen molar-refractivity contribution >= 4 is 17.3 Å². The number of ether oxygens (including phenoxy) is 1. The average molecular weight is 400 g/mol. The maximum Gasteiger partial charge on any atom is 0.411 e. The molecule has 0 radical (unpaired) electrons. The van der Waals surface area contributed by atoms with Crippen LogP contribution >= 0.6 is 11.3 Å². The van der Waals surface area contributed by atoms with Gasteiger partial charge in [0.25, 0.3) is 0 Å². The van der Waals surface area contributed by atoms with Crippen LogP contribution in [0.15, 0.2) is 34.6 Å². The second kappa shape index (κ2) is 10.3. The van der Waals surface area contributed by atoms with Gasteiger partial charge < -0.3 is 15.4 Å². The van der Waals surface area contributed by atoms with Gasteiger partial charge in [0.05, 0.1) is 23.9 Å². The summed E-state index contributed by atoms with van der Waals surface area (Å²) < 4.78 is 40.9. The Balaban J connectivity index is 1.75. The van der Waals surface area contributed by atoms with Crippen molar-refractivity contribution < 1.29 is 17.9 Å². The minimum Gasteiger partial charge on any atom is -0.367 e. The van der Waals surface area contributed by atoms with E-state index in [1.54, 1.807) is 30.5 Å². The highest BCUT2D eigenvalue weighted by atomic mass is 32.1. The molecule has 0 unspecified atom stereocenters. The molecule has 1 aromatic heterocycles. The molecule has 0 saturated carbocycles. The SMILES string of the molecule is CCc1nc(CNC(=NC)NCc2ccc(COCC(F)(F)F)cc2)cs1. The van der Waals surface area contributed by atoms with Gasteiger partial charge in [0.1, 0.15) is 6.61 Å². The zero-order valence-corrected chi connectivity index (χ0v) is 16.1. The first-order chi connectivity index (χ1) is 12.9. The van der Waals surface area contributed by atoms with E-state index in [1.807, 2.05) is 17.5 Å². The molecule has 0 amide bonds. The van der Waals surface area contributed by atoms with Crippen molar-refractivity contribution in [2.45, 2.75) is 39.2 Å². The van der Waals surface area contributed by atoms with E-state index in [0.717, 1.165) is 22.7 Å². The van der Waals surface area contributed by atoms with Crippen molar-refractivity contribution in [1.82, 2.24) is 15.6 Å². The van der Waals surface area contributed by atoms with Crippen molar-refractivity contribution in [3.63, 3.8) is 0 Å². The van der Waals surface area contributed by atoms with Crippen molar-refractivity contribution in [2.75, 3.05) is 13.7 Å². The fourth-order valence-corrected chi connectivity index (χ4v) is 2.96. The molecule has 5 nitrogen and oxygen atoms in total. The molecule has 0 spiro atoms. The van der Waals surface area contributed by atoms with Gasteiger partial charge in [-0.1, -0.05) is 31.2 Å². The highest BCUT2D eigenvalue weighted by molar-refractivity contribution is 7.09. The Kier molecular flexibility index (Phi) is 8.05. The zero-order chi connectivity index (χ0) is 19.7. The lowest BCUT2D eigenvalue weighted by Crippen LogP contribution is -2.36. The summed E-state index contributed by atoms with van der Waals surface area (Å²) in [7, 11) is 1.69. The van der Waals surface area contributed by atoms with E-state index in [9.17, 15) is 13.2 Å². The van der Waals surface area contributed by atoms with Gasteiger partial charge in [-0.05, 0) is 17.5 Å². The third-order valence-electron chi connectivity index (χ3n) is 3.58. The monoisotopic (exact) mass is 400 g/mol. The summed E-state index contributed by atoms with van der Waals surface area (Å²) in [5, 5.41) is 9.53. The van der Waals surface area contributed by atoms with Gasteiger partial charge in [-0.2, -0.15) is 13.2 Å². The molecule has 0 saturated heterocycles. The topological polar surface area (TPSA) is 58.5 Å². The van der Waals surface area contributed by atoms with E-state index in [0.29, 0.717) is 24.6 Å². The largest absolute Gasteiger partial charge is 0.411 e. The van der Waals surface area contributed by atoms with E-state index < -0.39 is 12.8 Å². The van der Waals surface area contributed by atoms with Crippen LogP contribution in [-0.2, 0) is 30.9 Å². The Morgan fingerprint density at radius 2 is 1.81 bits per heavy atom. The molecule has 0 fully saturated rings. The molecule has 0 aliphatic rings. The highest BCUT2D eigenvalue weighted by Gasteiger charge is 2.27. The van der Waals surface area contributed by atoms with Gasteiger partial charge in [0.2, 0.25) is 0 Å². The van der Waals surface area contributed by atoms with E-state index >= 15 is 0 Å². The summed E-state index contributed by atoms with van der Waals surface area (Å²) in [6, 6.07) is 7.21.